The van der Waals surface area contributed by atoms with E-state index in [0.29, 0.717) is 0 Å². The fourth-order valence-corrected chi connectivity index (χ4v) is 1.17. The van der Waals surface area contributed by atoms with Gasteiger partial charge in [0.1, 0.15) is 0 Å². The van der Waals surface area contributed by atoms with Crippen LogP contribution in [-0.4, -0.2) is 9.54 Å². The lowest BCUT2D eigenvalue weighted by Crippen LogP contribution is -1.77. The summed E-state index contributed by atoms with van der Waals surface area (Å²) in [5, 5.41) is 0. The van der Waals surface area contributed by atoms with Crippen molar-refractivity contribution in [2.75, 3.05) is 0 Å². The lowest BCUT2D eigenvalue weighted by atomic mass is 10.4. The Labute approximate surface area is 92.2 Å². The van der Waals surface area contributed by atoms with Gasteiger partial charge in [-0.3, -0.25) is 0 Å². The van der Waals surface area contributed by atoms with E-state index in [1.165, 1.54) is 12.1 Å². The van der Waals surface area contributed by atoms with Crippen LogP contribution in [0.15, 0.2) is 33.6 Å². The fraction of sp³-hybridized carbons (Fsp3) is 0.333. The smallest absolute Gasteiger partial charge is 0.179 e. The molecule has 0 bridgehead atoms. The molecule has 13 heavy (non-hydrogen) atoms. The Morgan fingerprint density at radius 2 is 1.46 bits per heavy atom. The second-order valence-electron chi connectivity index (χ2n) is 1.69. The zero-order valence-electron chi connectivity index (χ0n) is 5.91. The first kappa shape index (κ1) is 15.1. The van der Waals surface area contributed by atoms with Crippen molar-refractivity contribution in [1.29, 1.82) is 1.12 Å². The van der Waals surface area contributed by atoms with Crippen molar-refractivity contribution in [3.63, 3.8) is 0 Å². The van der Waals surface area contributed by atoms with Gasteiger partial charge in [0, 0.05) is 4.47 Å². The largest absolute Gasteiger partial charge is 0.227 e. The number of benzene rings is 1. The fourth-order valence-electron chi connectivity index (χ4n) is 0.546. The molecule has 0 saturated heterocycles. The van der Waals surface area contributed by atoms with E-state index in [1.807, 2.05) is 0 Å². The first-order valence-corrected chi connectivity index (χ1v) is 4.42. The number of hydrogen-bond donors (Lipinski definition) is 1. The molecule has 0 aliphatic carbocycles. The summed E-state index contributed by atoms with van der Waals surface area (Å²) in [5.41, 5.74) is 0. The first-order chi connectivity index (χ1) is 5.00. The van der Waals surface area contributed by atoms with Crippen LogP contribution in [0.3, 0.4) is 0 Å². The molecule has 0 N–H and O–H groups in total. The molecule has 1 aromatic rings. The minimum absolute atomic E-state index is 0. The summed E-state index contributed by atoms with van der Waals surface area (Å²) in [5.74, 6) is 0. The summed E-state index contributed by atoms with van der Waals surface area (Å²) in [6.45, 7) is 0. The van der Waals surface area contributed by atoms with E-state index in [4.69, 9.17) is 1.12 Å². The maximum Gasteiger partial charge on any atom is 0.179 e. The summed E-state index contributed by atoms with van der Waals surface area (Å²) in [4.78, 5) is 0.0145. The van der Waals surface area contributed by atoms with Crippen LogP contribution in [0.4, 0.5) is 0 Å². The molecule has 0 heterocycles. The SMILES string of the molecule is C.C.C.[2H]S(=O)(=O)c1ccc(Br)cc1. The number of hydrogen-bond acceptors (Lipinski definition) is 2. The van der Waals surface area contributed by atoms with Crippen LogP contribution in [0.2, 0.25) is 0 Å². The number of rotatable bonds is 1. The Morgan fingerprint density at radius 3 is 1.77 bits per heavy atom. The minimum atomic E-state index is -3.79. The molecular weight excluding hydrogens is 252 g/mol. The van der Waals surface area contributed by atoms with Gasteiger partial charge in [-0.15, -0.1) is 0 Å². The van der Waals surface area contributed by atoms with Gasteiger partial charge in [0.25, 0.3) is 0 Å². The van der Waals surface area contributed by atoms with Crippen LogP contribution in [0.1, 0.15) is 22.3 Å². The van der Waals surface area contributed by atoms with Gasteiger partial charge in [0.05, 0.1) is 4.90 Å². The van der Waals surface area contributed by atoms with E-state index in [-0.39, 0.29) is 27.2 Å². The van der Waals surface area contributed by atoms with Crippen LogP contribution in [-0.2, 0) is 10.6 Å². The Hall–Kier alpha value is -0.350. The molecule has 0 aromatic heterocycles. The zero-order chi connectivity index (χ0) is 8.48. The van der Waals surface area contributed by atoms with Crippen LogP contribution >= 0.6 is 15.9 Å². The topological polar surface area (TPSA) is 34.1 Å². The molecule has 0 aliphatic rings. The highest BCUT2D eigenvalue weighted by Gasteiger charge is 1.91. The van der Waals surface area contributed by atoms with E-state index in [2.05, 4.69) is 15.9 Å². The van der Waals surface area contributed by atoms with Crippen molar-refractivity contribution in [3.05, 3.63) is 28.7 Å². The third-order valence-corrected chi connectivity index (χ3v) is 2.19. The van der Waals surface area contributed by atoms with Crippen LogP contribution in [0.25, 0.3) is 0 Å². The monoisotopic (exact) mass is 269 g/mol. The zero-order valence-corrected chi connectivity index (χ0v) is 7.31. The van der Waals surface area contributed by atoms with Gasteiger partial charge in [0.15, 0.2) is 11.7 Å². The van der Waals surface area contributed by atoms with E-state index in [1.54, 1.807) is 12.1 Å². The molecule has 1 aromatic carbocycles. The molecule has 0 atom stereocenters. The lowest BCUT2D eigenvalue weighted by Gasteiger charge is -1.88. The third-order valence-electron chi connectivity index (χ3n) is 1.01. The second-order valence-corrected chi connectivity index (χ2v) is 3.55. The molecule has 0 saturated carbocycles. The van der Waals surface area contributed by atoms with Crippen molar-refractivity contribution in [3.8, 4) is 0 Å². The molecule has 0 aliphatic heterocycles. The average molecular weight is 270 g/mol. The molecule has 78 valence electrons. The number of halogens is 1. The lowest BCUT2D eigenvalue weighted by molar-refractivity contribution is 0.614. The Morgan fingerprint density at radius 1 is 1.08 bits per heavy atom. The standard InChI is InChI=1S/C6H5BrO2S.3CH4/c7-5-1-3-6(4-2-5)10(8)9;;;/h1-4,10H;3*1H4/i10D;;;. The summed E-state index contributed by atoms with van der Waals surface area (Å²) in [7, 11) is -3.79. The molecular formula is C9H17BrO2S. The highest BCUT2D eigenvalue weighted by molar-refractivity contribution is 9.10. The molecule has 0 amide bonds. The molecule has 0 radical (unpaired) electrons. The second kappa shape index (κ2) is 8.26. The summed E-state index contributed by atoms with van der Waals surface area (Å²) in [6.07, 6.45) is 0. The predicted molar refractivity (Wildman–Crippen MR) is 62.9 cm³/mol. The quantitative estimate of drug-likeness (QED) is 0.794. The number of thiol groups is 1. The minimum Gasteiger partial charge on any atom is -0.227 e. The van der Waals surface area contributed by atoms with Crippen molar-refractivity contribution < 1.29 is 8.42 Å². The Bertz CT molecular complexity index is 346. The van der Waals surface area contributed by atoms with Crippen molar-refractivity contribution in [2.24, 2.45) is 0 Å². The normalized spacial score (nSPS) is 9.77. The van der Waals surface area contributed by atoms with Gasteiger partial charge in [-0.25, -0.2) is 8.42 Å². The van der Waals surface area contributed by atoms with E-state index in [0.717, 1.165) is 4.47 Å². The summed E-state index contributed by atoms with van der Waals surface area (Å²) >= 11 is 3.16. The van der Waals surface area contributed by atoms with Gasteiger partial charge in [0.2, 0.25) is 0 Å². The van der Waals surface area contributed by atoms with Crippen LogP contribution < -0.4 is 0 Å². The van der Waals surface area contributed by atoms with Gasteiger partial charge >= 0.3 is 0 Å². The Balaban J connectivity index is -0.000000403. The molecule has 2 nitrogen and oxygen atoms in total. The predicted octanol–water partition coefficient (Wildman–Crippen LogP) is 3.33. The summed E-state index contributed by atoms with van der Waals surface area (Å²) in [6, 6.07) is 5.93. The molecule has 1 rings (SSSR count). The van der Waals surface area contributed by atoms with Crippen molar-refractivity contribution >= 4 is 26.5 Å². The van der Waals surface area contributed by atoms with Crippen molar-refractivity contribution in [2.45, 2.75) is 27.2 Å². The summed E-state index contributed by atoms with van der Waals surface area (Å²) < 4.78 is 28.7. The van der Waals surface area contributed by atoms with Gasteiger partial charge in [-0.2, -0.15) is 0 Å². The molecule has 0 fully saturated rings. The first-order valence-electron chi connectivity index (χ1n) is 2.96. The van der Waals surface area contributed by atoms with Crippen LogP contribution in [0, 0.1) is 0 Å². The van der Waals surface area contributed by atoms with Gasteiger partial charge in [-0.05, 0) is 24.3 Å². The van der Waals surface area contributed by atoms with Gasteiger partial charge < -0.3 is 0 Å². The Kier molecular flexibility index (Phi) is 9.61. The average Bonchev–Trinajstić information content (AvgIpc) is 1.86. The van der Waals surface area contributed by atoms with Crippen molar-refractivity contribution in [1.82, 2.24) is 0 Å². The maximum absolute atomic E-state index is 10.6. The van der Waals surface area contributed by atoms with E-state index >= 15 is 0 Å². The third kappa shape index (κ3) is 5.82. The molecule has 4 heteroatoms. The van der Waals surface area contributed by atoms with Gasteiger partial charge in [-0.1, -0.05) is 38.2 Å². The van der Waals surface area contributed by atoms with E-state index in [9.17, 15) is 8.42 Å². The van der Waals surface area contributed by atoms with Crippen LogP contribution in [0.5, 0.6) is 0 Å². The molecule has 0 spiro atoms. The molecule has 0 unspecified atom stereocenters. The highest BCUT2D eigenvalue weighted by atomic mass is 79.9. The maximum atomic E-state index is 10.6. The highest BCUT2D eigenvalue weighted by Crippen LogP contribution is 2.10. The van der Waals surface area contributed by atoms with E-state index < -0.39 is 10.6 Å².